The van der Waals surface area contributed by atoms with Crippen molar-refractivity contribution in [3.8, 4) is 5.88 Å². The molecule has 0 saturated carbocycles. The Balaban J connectivity index is 2.05. The van der Waals surface area contributed by atoms with Crippen LogP contribution in [0.1, 0.15) is 5.56 Å². The second kappa shape index (κ2) is 4.37. The Bertz CT molecular complexity index is 699. The number of benzene rings is 2. The smallest absolute Gasteiger partial charge is 0.198 e. The SMILES string of the molecule is Oc1[nH]c2ccccc2c1C=Nc1ccccc1. The molecule has 2 aromatic carbocycles. The summed E-state index contributed by atoms with van der Waals surface area (Å²) in [7, 11) is 0. The van der Waals surface area contributed by atoms with Crippen LogP contribution in [0, 0.1) is 0 Å². The van der Waals surface area contributed by atoms with Crippen LogP contribution in [0.5, 0.6) is 5.88 Å². The number of nitrogens with one attached hydrogen (secondary N) is 1. The zero-order valence-electron chi connectivity index (χ0n) is 9.67. The second-order valence-corrected chi connectivity index (χ2v) is 4.03. The Morgan fingerprint density at radius 3 is 2.50 bits per heavy atom. The maximum atomic E-state index is 9.87. The highest BCUT2D eigenvalue weighted by molar-refractivity contribution is 6.02. The van der Waals surface area contributed by atoms with E-state index in [9.17, 15) is 5.11 Å². The highest BCUT2D eigenvalue weighted by Gasteiger charge is 2.07. The molecule has 3 rings (SSSR count). The van der Waals surface area contributed by atoms with E-state index in [4.69, 9.17) is 0 Å². The number of H-pyrrole nitrogens is 1. The summed E-state index contributed by atoms with van der Waals surface area (Å²) in [6.45, 7) is 0. The van der Waals surface area contributed by atoms with Crippen molar-refractivity contribution in [2.24, 2.45) is 4.99 Å². The van der Waals surface area contributed by atoms with Gasteiger partial charge in [0.05, 0.1) is 11.3 Å². The third-order valence-corrected chi connectivity index (χ3v) is 2.82. The van der Waals surface area contributed by atoms with Crippen molar-refractivity contribution in [1.29, 1.82) is 0 Å². The Kier molecular flexibility index (Phi) is 2.57. The minimum atomic E-state index is 0.149. The molecule has 0 amide bonds. The molecule has 2 N–H and O–H groups in total. The van der Waals surface area contributed by atoms with Crippen molar-refractivity contribution in [1.82, 2.24) is 4.98 Å². The standard InChI is InChI=1S/C15H12N2O/c18-15-13(10-16-11-6-2-1-3-7-11)12-8-4-5-9-14(12)17-15/h1-10,17-18H. The number of para-hydroxylation sites is 2. The number of aromatic nitrogens is 1. The molecule has 1 heterocycles. The van der Waals surface area contributed by atoms with Crippen molar-refractivity contribution < 1.29 is 5.11 Å². The van der Waals surface area contributed by atoms with E-state index in [1.54, 1.807) is 6.21 Å². The Morgan fingerprint density at radius 1 is 0.944 bits per heavy atom. The Morgan fingerprint density at radius 2 is 1.67 bits per heavy atom. The number of aliphatic imine (C=N–C) groups is 1. The van der Waals surface area contributed by atoms with Gasteiger partial charge >= 0.3 is 0 Å². The largest absolute Gasteiger partial charge is 0.494 e. The van der Waals surface area contributed by atoms with Gasteiger partial charge in [0.1, 0.15) is 0 Å². The van der Waals surface area contributed by atoms with Gasteiger partial charge in [-0.05, 0) is 18.2 Å². The summed E-state index contributed by atoms with van der Waals surface area (Å²) in [6, 6.07) is 17.4. The van der Waals surface area contributed by atoms with Gasteiger partial charge in [0.15, 0.2) is 5.88 Å². The first kappa shape index (κ1) is 10.6. The predicted octanol–water partition coefficient (Wildman–Crippen LogP) is 3.62. The lowest BCUT2D eigenvalue weighted by atomic mass is 10.2. The first-order valence-corrected chi connectivity index (χ1v) is 5.73. The van der Waals surface area contributed by atoms with Gasteiger partial charge in [-0.25, -0.2) is 0 Å². The van der Waals surface area contributed by atoms with Crippen molar-refractivity contribution in [2.75, 3.05) is 0 Å². The van der Waals surface area contributed by atoms with Gasteiger partial charge in [-0.1, -0.05) is 36.4 Å². The summed E-state index contributed by atoms with van der Waals surface area (Å²) in [5.41, 5.74) is 2.49. The van der Waals surface area contributed by atoms with Crippen LogP contribution in [0.25, 0.3) is 10.9 Å². The minimum Gasteiger partial charge on any atom is -0.494 e. The molecular weight excluding hydrogens is 224 g/mol. The molecule has 0 saturated heterocycles. The molecule has 18 heavy (non-hydrogen) atoms. The molecule has 0 spiro atoms. The number of fused-ring (bicyclic) bond motifs is 1. The van der Waals surface area contributed by atoms with E-state index in [-0.39, 0.29) is 5.88 Å². The first-order chi connectivity index (χ1) is 8.84. The number of aromatic amines is 1. The molecule has 0 atom stereocenters. The van der Waals surface area contributed by atoms with Gasteiger partial charge in [-0.15, -0.1) is 0 Å². The van der Waals surface area contributed by atoms with Crippen LogP contribution in [0.2, 0.25) is 0 Å². The number of rotatable bonds is 2. The van der Waals surface area contributed by atoms with Gasteiger partial charge < -0.3 is 10.1 Å². The molecule has 3 heteroatoms. The predicted molar refractivity (Wildman–Crippen MR) is 73.7 cm³/mol. The van der Waals surface area contributed by atoms with E-state index in [2.05, 4.69) is 9.98 Å². The van der Waals surface area contributed by atoms with Crippen LogP contribution in [0.4, 0.5) is 5.69 Å². The number of hydrogen-bond donors (Lipinski definition) is 2. The van der Waals surface area contributed by atoms with Gasteiger partial charge in [-0.3, -0.25) is 4.99 Å². The quantitative estimate of drug-likeness (QED) is 0.656. The van der Waals surface area contributed by atoms with Crippen molar-refractivity contribution >= 4 is 22.8 Å². The average Bonchev–Trinajstić information content (AvgIpc) is 2.73. The van der Waals surface area contributed by atoms with Gasteiger partial charge in [0, 0.05) is 17.1 Å². The van der Waals surface area contributed by atoms with Crippen molar-refractivity contribution in [3.63, 3.8) is 0 Å². The summed E-state index contributed by atoms with van der Waals surface area (Å²) in [5, 5.41) is 10.8. The molecule has 0 bridgehead atoms. The second-order valence-electron chi connectivity index (χ2n) is 4.03. The molecule has 3 nitrogen and oxygen atoms in total. The van der Waals surface area contributed by atoms with E-state index in [1.165, 1.54) is 0 Å². The van der Waals surface area contributed by atoms with E-state index >= 15 is 0 Å². The van der Waals surface area contributed by atoms with Gasteiger partial charge in [0.2, 0.25) is 0 Å². The third-order valence-electron chi connectivity index (χ3n) is 2.82. The average molecular weight is 236 g/mol. The van der Waals surface area contributed by atoms with E-state index < -0.39 is 0 Å². The number of aromatic hydroxyl groups is 1. The molecule has 0 unspecified atom stereocenters. The monoisotopic (exact) mass is 236 g/mol. The van der Waals surface area contributed by atoms with Crippen LogP contribution in [0.3, 0.4) is 0 Å². The van der Waals surface area contributed by atoms with E-state index in [1.807, 2.05) is 54.6 Å². The lowest BCUT2D eigenvalue weighted by molar-refractivity contribution is 0.457. The van der Waals surface area contributed by atoms with Gasteiger partial charge in [0.25, 0.3) is 0 Å². The highest BCUT2D eigenvalue weighted by atomic mass is 16.3. The zero-order chi connectivity index (χ0) is 12.4. The molecular formula is C15H12N2O. The highest BCUT2D eigenvalue weighted by Crippen LogP contribution is 2.25. The van der Waals surface area contributed by atoms with Crippen LogP contribution in [-0.4, -0.2) is 16.3 Å². The fraction of sp³-hybridized carbons (Fsp3) is 0. The molecule has 3 aromatic rings. The van der Waals surface area contributed by atoms with Crippen LogP contribution in [-0.2, 0) is 0 Å². The third kappa shape index (κ3) is 1.86. The molecule has 0 radical (unpaired) electrons. The maximum Gasteiger partial charge on any atom is 0.198 e. The topological polar surface area (TPSA) is 48.4 Å². The summed E-state index contributed by atoms with van der Waals surface area (Å²) < 4.78 is 0. The maximum absolute atomic E-state index is 9.87. The zero-order valence-corrected chi connectivity index (χ0v) is 9.67. The summed E-state index contributed by atoms with van der Waals surface area (Å²) in [5.74, 6) is 0.149. The van der Waals surface area contributed by atoms with Crippen LogP contribution in [0.15, 0.2) is 59.6 Å². The first-order valence-electron chi connectivity index (χ1n) is 5.73. The van der Waals surface area contributed by atoms with Crippen LogP contribution < -0.4 is 0 Å². The molecule has 88 valence electrons. The lowest BCUT2D eigenvalue weighted by Crippen LogP contribution is -1.78. The van der Waals surface area contributed by atoms with Gasteiger partial charge in [-0.2, -0.15) is 0 Å². The summed E-state index contributed by atoms with van der Waals surface area (Å²) in [4.78, 5) is 7.28. The fourth-order valence-electron chi connectivity index (χ4n) is 1.93. The molecule has 0 aliphatic rings. The van der Waals surface area contributed by atoms with Crippen molar-refractivity contribution in [3.05, 3.63) is 60.2 Å². The Labute approximate surface area is 104 Å². The minimum absolute atomic E-state index is 0.149. The van der Waals surface area contributed by atoms with Crippen LogP contribution >= 0.6 is 0 Å². The summed E-state index contributed by atoms with van der Waals surface area (Å²) >= 11 is 0. The fourth-order valence-corrected chi connectivity index (χ4v) is 1.93. The molecule has 0 aliphatic heterocycles. The lowest BCUT2D eigenvalue weighted by Gasteiger charge is -1.93. The number of hydrogen-bond acceptors (Lipinski definition) is 2. The summed E-state index contributed by atoms with van der Waals surface area (Å²) in [6.07, 6.45) is 1.68. The molecule has 0 fully saturated rings. The normalized spacial score (nSPS) is 11.3. The molecule has 0 aliphatic carbocycles. The Hall–Kier alpha value is -2.55. The van der Waals surface area contributed by atoms with Crippen molar-refractivity contribution in [2.45, 2.75) is 0 Å². The molecule has 1 aromatic heterocycles. The van der Waals surface area contributed by atoms with E-state index in [0.717, 1.165) is 22.2 Å². The number of nitrogens with zero attached hydrogens (tertiary/aromatic N) is 1. The van der Waals surface area contributed by atoms with E-state index in [0.29, 0.717) is 0 Å².